The van der Waals surface area contributed by atoms with E-state index in [2.05, 4.69) is 24.2 Å². The highest BCUT2D eigenvalue weighted by Crippen LogP contribution is 2.40. The molecule has 0 atom stereocenters. The third-order valence-corrected chi connectivity index (χ3v) is 4.46. The molecule has 0 aliphatic carbocycles. The van der Waals surface area contributed by atoms with Crippen molar-refractivity contribution in [2.75, 3.05) is 6.54 Å². The highest BCUT2D eigenvalue weighted by atomic mass is 31.1. The van der Waals surface area contributed by atoms with Crippen molar-refractivity contribution in [2.45, 2.75) is 39.4 Å². The highest BCUT2D eigenvalue weighted by Gasteiger charge is 2.26. The van der Waals surface area contributed by atoms with Crippen molar-refractivity contribution in [1.82, 2.24) is 5.32 Å². The minimum absolute atomic E-state index is 0.189. The van der Waals surface area contributed by atoms with Crippen LogP contribution in [0.4, 0.5) is 5.69 Å². The molecule has 2 aliphatic rings. The van der Waals surface area contributed by atoms with Crippen LogP contribution in [-0.2, 0) is 30.1 Å². The average Bonchev–Trinajstić information content (AvgIpc) is 2.76. The number of aliphatic imine (C=N–C) groups is 1. The third-order valence-electron chi connectivity index (χ3n) is 4.02. The number of hydrogen-bond donors (Lipinski definition) is 1. The molecule has 2 heterocycles. The van der Waals surface area contributed by atoms with Crippen molar-refractivity contribution in [1.29, 1.82) is 0 Å². The Morgan fingerprint density at radius 2 is 2.11 bits per heavy atom. The Morgan fingerprint density at radius 1 is 1.28 bits per heavy atom. The molecule has 0 aromatic heterocycles. The molecule has 0 amide bonds. The fourth-order valence-corrected chi connectivity index (χ4v) is 3.66. The normalized spacial score (nSPS) is 17.6. The summed E-state index contributed by atoms with van der Waals surface area (Å²) in [6.07, 6.45) is 2.63. The zero-order valence-corrected chi connectivity index (χ0v) is 11.7. The molecular weight excluding hydrogens is 243 g/mol. The number of nitrogens with one attached hydrogen (secondary N) is 1. The van der Waals surface area contributed by atoms with Crippen molar-refractivity contribution in [3.05, 3.63) is 27.8 Å². The third kappa shape index (κ3) is 1.73. The predicted molar refractivity (Wildman–Crippen MR) is 74.4 cm³/mol. The molecule has 94 valence electrons. The lowest BCUT2D eigenvalue weighted by molar-refractivity contribution is 0.598. The lowest BCUT2D eigenvalue weighted by atomic mass is 9.87. The van der Waals surface area contributed by atoms with Crippen LogP contribution in [0.25, 0.3) is 0 Å². The molecule has 3 nitrogen and oxygen atoms in total. The molecule has 18 heavy (non-hydrogen) atoms. The van der Waals surface area contributed by atoms with Crippen molar-refractivity contribution in [2.24, 2.45) is 4.99 Å². The number of rotatable bonds is 2. The summed E-state index contributed by atoms with van der Waals surface area (Å²) in [5.41, 5.74) is 9.07. The largest absolute Gasteiger partial charge is 0.312 e. The van der Waals surface area contributed by atoms with Crippen molar-refractivity contribution >= 4 is 19.9 Å². The predicted octanol–water partition coefficient (Wildman–Crippen LogP) is 3.08. The van der Waals surface area contributed by atoms with Crippen LogP contribution in [0, 0.1) is 6.92 Å². The van der Waals surface area contributed by atoms with Crippen LogP contribution >= 0.6 is 8.46 Å². The number of benzene rings is 1. The first-order chi connectivity index (χ1) is 8.72. The summed E-state index contributed by atoms with van der Waals surface area (Å²) in [6, 6.07) is 0. The van der Waals surface area contributed by atoms with Gasteiger partial charge in [0.2, 0.25) is 0 Å². The molecular formula is C14H17N2OP. The van der Waals surface area contributed by atoms with E-state index in [0.717, 1.165) is 31.6 Å². The van der Waals surface area contributed by atoms with Crippen LogP contribution in [0.2, 0.25) is 0 Å². The van der Waals surface area contributed by atoms with Gasteiger partial charge >= 0.3 is 0 Å². The topological polar surface area (TPSA) is 41.5 Å². The molecule has 0 bridgehead atoms. The fraction of sp³-hybridized carbons (Fsp3) is 0.500. The Morgan fingerprint density at radius 3 is 2.89 bits per heavy atom. The van der Waals surface area contributed by atoms with Gasteiger partial charge in [-0.15, -0.1) is 0 Å². The Kier molecular flexibility index (Phi) is 3.04. The zero-order chi connectivity index (χ0) is 12.7. The summed E-state index contributed by atoms with van der Waals surface area (Å²) in [4.78, 5) is 4.69. The Bertz CT molecular complexity index is 564. The SMILES string of the molecule is CC1=Nc2c(CP=O)c(C)c3c(c2C1)CNCC3. The zero-order valence-electron chi connectivity index (χ0n) is 10.8. The Balaban J connectivity index is 2.26. The van der Waals surface area contributed by atoms with Crippen molar-refractivity contribution in [3.8, 4) is 0 Å². The maximum absolute atomic E-state index is 11.0. The van der Waals surface area contributed by atoms with E-state index >= 15 is 0 Å². The van der Waals surface area contributed by atoms with Gasteiger partial charge in [0.25, 0.3) is 0 Å². The maximum Gasteiger partial charge on any atom is 0.160 e. The van der Waals surface area contributed by atoms with Crippen LogP contribution in [0.15, 0.2) is 4.99 Å². The molecule has 1 aromatic carbocycles. The van der Waals surface area contributed by atoms with Gasteiger partial charge in [0.1, 0.15) is 0 Å². The van der Waals surface area contributed by atoms with Crippen LogP contribution in [0.3, 0.4) is 0 Å². The summed E-state index contributed by atoms with van der Waals surface area (Å²) >= 11 is 0. The molecule has 0 unspecified atom stereocenters. The van der Waals surface area contributed by atoms with E-state index in [-0.39, 0.29) is 8.46 Å². The minimum Gasteiger partial charge on any atom is -0.312 e. The molecule has 1 aromatic rings. The van der Waals surface area contributed by atoms with Gasteiger partial charge in [-0.25, -0.2) is 0 Å². The fourth-order valence-electron chi connectivity index (χ4n) is 3.14. The average molecular weight is 260 g/mol. The van der Waals surface area contributed by atoms with Gasteiger partial charge in [-0.3, -0.25) is 9.56 Å². The van der Waals surface area contributed by atoms with E-state index in [4.69, 9.17) is 0 Å². The van der Waals surface area contributed by atoms with Crippen LogP contribution in [0.1, 0.15) is 34.7 Å². The van der Waals surface area contributed by atoms with E-state index in [0.29, 0.717) is 6.16 Å². The van der Waals surface area contributed by atoms with Crippen LogP contribution in [0.5, 0.6) is 0 Å². The lowest BCUT2D eigenvalue weighted by Crippen LogP contribution is -2.26. The smallest absolute Gasteiger partial charge is 0.160 e. The van der Waals surface area contributed by atoms with E-state index < -0.39 is 0 Å². The maximum atomic E-state index is 11.0. The van der Waals surface area contributed by atoms with Gasteiger partial charge in [-0.1, -0.05) is 0 Å². The molecule has 0 radical (unpaired) electrons. The van der Waals surface area contributed by atoms with Gasteiger partial charge in [0.15, 0.2) is 8.46 Å². The summed E-state index contributed by atoms with van der Waals surface area (Å²) in [5, 5.41) is 3.45. The van der Waals surface area contributed by atoms with E-state index in [1.807, 2.05) is 0 Å². The molecule has 0 fully saturated rings. The highest BCUT2D eigenvalue weighted by molar-refractivity contribution is 7.22. The number of nitrogens with zero attached hydrogens (tertiary/aromatic N) is 1. The van der Waals surface area contributed by atoms with Gasteiger partial charge in [0, 0.05) is 18.7 Å². The molecule has 2 aliphatic heterocycles. The van der Waals surface area contributed by atoms with E-state index in [1.165, 1.54) is 33.5 Å². The summed E-state index contributed by atoms with van der Waals surface area (Å²) in [7, 11) is 0.189. The Labute approximate surface area is 109 Å². The van der Waals surface area contributed by atoms with Crippen molar-refractivity contribution in [3.63, 3.8) is 0 Å². The van der Waals surface area contributed by atoms with E-state index in [9.17, 15) is 4.57 Å². The van der Waals surface area contributed by atoms with Crippen LogP contribution in [-0.4, -0.2) is 12.3 Å². The second kappa shape index (κ2) is 4.56. The molecule has 0 spiro atoms. The second-order valence-electron chi connectivity index (χ2n) is 5.13. The summed E-state index contributed by atoms with van der Waals surface area (Å²) in [5.74, 6) is 0. The number of hydrogen-bond acceptors (Lipinski definition) is 3. The standard InChI is InChI=1S/C14H17N2OP/c1-8-5-11-12-6-15-4-3-10(12)9(2)13(7-18-17)14(11)16-8/h15H,3-7H2,1-2H3. The molecule has 3 rings (SSSR count). The monoisotopic (exact) mass is 260 g/mol. The van der Waals surface area contributed by atoms with Gasteiger partial charge in [0.05, 0.1) is 11.8 Å². The first kappa shape index (κ1) is 12.0. The minimum atomic E-state index is 0.189. The molecule has 0 saturated heterocycles. The molecule has 4 heteroatoms. The lowest BCUT2D eigenvalue weighted by Gasteiger charge is -2.24. The van der Waals surface area contributed by atoms with Crippen LogP contribution < -0.4 is 5.32 Å². The molecule has 1 N–H and O–H groups in total. The number of fused-ring (bicyclic) bond motifs is 3. The second-order valence-corrected chi connectivity index (χ2v) is 5.70. The van der Waals surface area contributed by atoms with E-state index in [1.54, 1.807) is 0 Å². The Hall–Kier alpha value is -1.05. The molecule has 0 saturated carbocycles. The van der Waals surface area contributed by atoms with Gasteiger partial charge in [-0.2, -0.15) is 0 Å². The quantitative estimate of drug-likeness (QED) is 0.830. The van der Waals surface area contributed by atoms with Gasteiger partial charge < -0.3 is 5.32 Å². The first-order valence-corrected chi connectivity index (χ1v) is 7.42. The first-order valence-electron chi connectivity index (χ1n) is 6.42. The summed E-state index contributed by atoms with van der Waals surface area (Å²) in [6.45, 7) is 6.24. The van der Waals surface area contributed by atoms with Gasteiger partial charge in [-0.05, 0) is 54.6 Å². The summed E-state index contributed by atoms with van der Waals surface area (Å²) < 4.78 is 11.0. The van der Waals surface area contributed by atoms with Crippen molar-refractivity contribution < 1.29 is 4.57 Å².